The van der Waals surface area contributed by atoms with Crippen LogP contribution >= 0.6 is 0 Å². The average Bonchev–Trinajstić information content (AvgIpc) is 2.90. The Bertz CT molecular complexity index is 1300. The lowest BCUT2D eigenvalue weighted by Crippen LogP contribution is -1.92. The summed E-state index contributed by atoms with van der Waals surface area (Å²) >= 11 is 0. The lowest BCUT2D eigenvalue weighted by molar-refractivity contribution is 0.614. The van der Waals surface area contributed by atoms with Crippen molar-refractivity contribution in [2.75, 3.05) is 0 Å². The van der Waals surface area contributed by atoms with Gasteiger partial charge in [0.25, 0.3) is 0 Å². The highest BCUT2D eigenvalue weighted by atomic mass is 19.1. The molecule has 0 amide bonds. The van der Waals surface area contributed by atoms with Crippen LogP contribution in [0, 0.1) is 17.7 Å². The van der Waals surface area contributed by atoms with E-state index >= 15 is 0 Å². The van der Waals surface area contributed by atoms with E-state index < -0.39 is 0 Å². The summed E-state index contributed by atoms with van der Waals surface area (Å²) in [6, 6.07) is 27.0. The van der Waals surface area contributed by atoms with Gasteiger partial charge in [-0.2, -0.15) is 0 Å². The van der Waals surface area contributed by atoms with Crippen LogP contribution in [0.4, 0.5) is 4.39 Å². The number of halogens is 1. The predicted octanol–water partition coefficient (Wildman–Crippen LogP) is 9.51. The van der Waals surface area contributed by atoms with E-state index in [0.717, 1.165) is 47.8 Å². The molecule has 0 aromatic heterocycles. The van der Waals surface area contributed by atoms with Crippen LogP contribution in [-0.2, 0) is 12.8 Å². The molecule has 0 N–H and O–H groups in total. The molecule has 0 aliphatic rings. The topological polar surface area (TPSA) is 0 Å². The van der Waals surface area contributed by atoms with Gasteiger partial charge in [-0.1, -0.05) is 106 Å². The third-order valence-electron chi connectivity index (χ3n) is 6.68. The van der Waals surface area contributed by atoms with E-state index in [0.29, 0.717) is 5.39 Å². The van der Waals surface area contributed by atoms with E-state index in [2.05, 4.69) is 74.2 Å². The minimum absolute atomic E-state index is 0.0874. The molecule has 0 fully saturated rings. The third-order valence-corrected chi connectivity index (χ3v) is 6.68. The number of benzene rings is 4. The molecule has 4 rings (SSSR count). The van der Waals surface area contributed by atoms with Crippen molar-refractivity contribution in [1.82, 2.24) is 0 Å². The smallest absolute Gasteiger partial charge is 0.134 e. The van der Waals surface area contributed by atoms with Crippen LogP contribution in [-0.4, -0.2) is 0 Å². The fourth-order valence-corrected chi connectivity index (χ4v) is 4.49. The summed E-state index contributed by atoms with van der Waals surface area (Å²) in [6.07, 6.45) is 9.22. The van der Waals surface area contributed by atoms with E-state index in [4.69, 9.17) is 0 Å². The van der Waals surface area contributed by atoms with E-state index in [9.17, 15) is 4.39 Å². The highest BCUT2D eigenvalue weighted by Crippen LogP contribution is 2.24. The summed E-state index contributed by atoms with van der Waals surface area (Å²) in [7, 11) is 0. The molecular weight excluding hydrogens is 427 g/mol. The first-order chi connectivity index (χ1) is 17.2. The molecule has 0 atom stereocenters. The zero-order chi connectivity index (χ0) is 24.5. The number of hydrogen-bond acceptors (Lipinski definition) is 0. The maximum absolute atomic E-state index is 14.8. The highest BCUT2D eigenvalue weighted by Gasteiger charge is 2.07. The van der Waals surface area contributed by atoms with Gasteiger partial charge in [-0.05, 0) is 77.6 Å². The van der Waals surface area contributed by atoms with Crippen LogP contribution in [0.25, 0.3) is 21.9 Å². The minimum Gasteiger partial charge on any atom is -0.206 e. The van der Waals surface area contributed by atoms with Gasteiger partial charge in [0.2, 0.25) is 0 Å². The molecule has 1 heteroatoms. The number of unbranched alkanes of at least 4 members (excludes halogenated alkanes) is 4. The van der Waals surface area contributed by atoms with Gasteiger partial charge >= 0.3 is 0 Å². The summed E-state index contributed by atoms with van der Waals surface area (Å²) in [5.74, 6) is 6.41. The predicted molar refractivity (Wildman–Crippen MR) is 148 cm³/mol. The van der Waals surface area contributed by atoms with E-state index in [1.165, 1.54) is 42.4 Å². The zero-order valence-corrected chi connectivity index (χ0v) is 21.0. The maximum atomic E-state index is 14.8. The Kier molecular flexibility index (Phi) is 8.74. The fraction of sp³-hybridized carbons (Fsp3) is 0.294. The van der Waals surface area contributed by atoms with Crippen LogP contribution in [0.1, 0.15) is 74.6 Å². The zero-order valence-electron chi connectivity index (χ0n) is 21.0. The Labute approximate surface area is 210 Å². The molecule has 4 aromatic rings. The van der Waals surface area contributed by atoms with Crippen molar-refractivity contribution in [2.24, 2.45) is 0 Å². The molecule has 0 unspecified atom stereocenters. The summed E-state index contributed by atoms with van der Waals surface area (Å²) in [4.78, 5) is 0. The first kappa shape index (κ1) is 24.7. The van der Waals surface area contributed by atoms with E-state index in [1.807, 2.05) is 30.3 Å². The SMILES string of the molecule is CCCCCCc1ccc(-c2ccc(C#Cc3ccc4c(F)c(CCCC)ccc4c3)cc2)cc1. The number of aryl methyl sites for hydroxylation is 2. The van der Waals surface area contributed by atoms with E-state index in [1.54, 1.807) is 0 Å². The minimum atomic E-state index is -0.0874. The van der Waals surface area contributed by atoms with Gasteiger partial charge in [0, 0.05) is 16.5 Å². The Morgan fingerprint density at radius 1 is 0.600 bits per heavy atom. The number of rotatable bonds is 9. The van der Waals surface area contributed by atoms with Crippen molar-refractivity contribution in [3.63, 3.8) is 0 Å². The fourth-order valence-electron chi connectivity index (χ4n) is 4.49. The molecule has 0 saturated heterocycles. The van der Waals surface area contributed by atoms with E-state index in [-0.39, 0.29) is 5.82 Å². The first-order valence-electron chi connectivity index (χ1n) is 13.1. The Hall–Kier alpha value is -3.37. The highest BCUT2D eigenvalue weighted by molar-refractivity contribution is 5.85. The molecular formula is C34H35F. The first-order valence-corrected chi connectivity index (χ1v) is 13.1. The summed E-state index contributed by atoms with van der Waals surface area (Å²) < 4.78 is 14.8. The van der Waals surface area contributed by atoms with Gasteiger partial charge in [-0.15, -0.1) is 0 Å². The molecule has 0 bridgehead atoms. The van der Waals surface area contributed by atoms with Gasteiger partial charge in [0.1, 0.15) is 5.82 Å². The second-order valence-corrected chi connectivity index (χ2v) is 9.41. The van der Waals surface area contributed by atoms with Crippen LogP contribution in [0.15, 0.2) is 78.9 Å². The van der Waals surface area contributed by atoms with Gasteiger partial charge in [0.05, 0.1) is 0 Å². The molecule has 0 radical (unpaired) electrons. The van der Waals surface area contributed by atoms with Crippen LogP contribution in [0.5, 0.6) is 0 Å². The second kappa shape index (κ2) is 12.4. The number of hydrogen-bond donors (Lipinski definition) is 0. The van der Waals surface area contributed by atoms with Crippen molar-refractivity contribution >= 4 is 10.8 Å². The molecule has 35 heavy (non-hydrogen) atoms. The maximum Gasteiger partial charge on any atom is 0.134 e. The van der Waals surface area contributed by atoms with Gasteiger partial charge in [0.15, 0.2) is 0 Å². The monoisotopic (exact) mass is 462 g/mol. The summed E-state index contributed by atoms with van der Waals surface area (Å²) in [5, 5.41) is 1.58. The summed E-state index contributed by atoms with van der Waals surface area (Å²) in [6.45, 7) is 4.38. The van der Waals surface area contributed by atoms with Crippen LogP contribution < -0.4 is 0 Å². The molecule has 0 aliphatic carbocycles. The standard InChI is InChI=1S/C34H35F/c1-3-5-7-8-9-26-13-18-29(19-14-26)30-20-15-27(16-21-30)11-12-28-17-24-33-32(25-28)23-22-31(34(33)35)10-6-4-2/h13-25H,3-10H2,1-2H3. The Morgan fingerprint density at radius 3 is 1.97 bits per heavy atom. The molecule has 0 aliphatic heterocycles. The molecule has 4 aromatic carbocycles. The third kappa shape index (κ3) is 6.61. The number of fused-ring (bicyclic) bond motifs is 1. The quantitative estimate of drug-likeness (QED) is 0.172. The van der Waals surface area contributed by atoms with Gasteiger partial charge in [-0.25, -0.2) is 4.39 Å². The molecule has 0 nitrogen and oxygen atoms in total. The van der Waals surface area contributed by atoms with Gasteiger partial charge < -0.3 is 0 Å². The van der Waals surface area contributed by atoms with Crippen molar-refractivity contribution < 1.29 is 4.39 Å². The van der Waals surface area contributed by atoms with Crippen LogP contribution in [0.2, 0.25) is 0 Å². The van der Waals surface area contributed by atoms with Gasteiger partial charge in [-0.3, -0.25) is 0 Å². The Morgan fingerprint density at radius 2 is 1.26 bits per heavy atom. The molecule has 0 heterocycles. The van der Waals surface area contributed by atoms with Crippen molar-refractivity contribution in [2.45, 2.75) is 65.2 Å². The van der Waals surface area contributed by atoms with Crippen molar-refractivity contribution in [3.8, 4) is 23.0 Å². The molecule has 0 saturated carbocycles. The van der Waals surface area contributed by atoms with Crippen LogP contribution in [0.3, 0.4) is 0 Å². The van der Waals surface area contributed by atoms with Crippen molar-refractivity contribution in [3.05, 3.63) is 107 Å². The summed E-state index contributed by atoms with van der Waals surface area (Å²) in [5.41, 5.74) is 6.53. The normalized spacial score (nSPS) is 10.8. The molecule has 0 spiro atoms. The van der Waals surface area contributed by atoms with Crippen molar-refractivity contribution in [1.29, 1.82) is 0 Å². The molecule has 178 valence electrons. The lowest BCUT2D eigenvalue weighted by Gasteiger charge is -2.06. The lowest BCUT2D eigenvalue weighted by atomic mass is 10.00. The largest absolute Gasteiger partial charge is 0.206 e. The Balaban J connectivity index is 1.43. The average molecular weight is 463 g/mol. The second-order valence-electron chi connectivity index (χ2n) is 9.41.